The minimum Gasteiger partial charge on any atom is -0.216 e. The zero-order valence-electron chi connectivity index (χ0n) is 10.6. The molecule has 0 aromatic heterocycles. The number of hydrogen-bond acceptors (Lipinski definition) is 2. The smallest absolute Gasteiger partial charge is 0.216 e. The van der Waals surface area contributed by atoms with Gasteiger partial charge in [-0.15, -0.1) is 0 Å². The first-order valence-electron chi connectivity index (χ1n) is 5.83. The number of aryl methyl sites for hydroxylation is 1. The molecule has 2 N–H and O–H groups in total. The maximum absolute atomic E-state index is 11.2. The molecule has 1 aromatic rings. The molecule has 0 amide bonds. The first-order chi connectivity index (χ1) is 7.97. The van der Waals surface area contributed by atoms with Gasteiger partial charge >= 0.3 is 0 Å². The molecule has 17 heavy (non-hydrogen) atoms. The second-order valence-electron chi connectivity index (χ2n) is 3.90. The van der Waals surface area contributed by atoms with E-state index in [1.165, 1.54) is 15.4 Å². The van der Waals surface area contributed by atoms with Crippen LogP contribution in [0.5, 0.6) is 0 Å². The van der Waals surface area contributed by atoms with Gasteiger partial charge in [0.05, 0.1) is 0 Å². The lowest BCUT2D eigenvalue weighted by Gasteiger charge is -2.26. The van der Waals surface area contributed by atoms with Gasteiger partial charge in [-0.3, -0.25) is 0 Å². The minimum absolute atomic E-state index is 0.397. The van der Waals surface area contributed by atoms with Crippen LogP contribution in [0.2, 0.25) is 0 Å². The molecule has 0 saturated carbocycles. The van der Waals surface area contributed by atoms with Gasteiger partial charge in [-0.25, -0.2) is 5.14 Å². The molecule has 2 rings (SSSR count). The van der Waals surface area contributed by atoms with E-state index in [-0.39, 0.29) is 0 Å². The molecule has 5 heteroatoms. The molecule has 96 valence electrons. The Balaban J connectivity index is 0.000000686. The molecular weight excluding hydrogens is 236 g/mol. The monoisotopic (exact) mass is 256 g/mol. The van der Waals surface area contributed by atoms with Crippen LogP contribution in [0.1, 0.15) is 30.5 Å². The minimum atomic E-state index is -3.55. The van der Waals surface area contributed by atoms with Crippen molar-refractivity contribution in [3.63, 3.8) is 0 Å². The summed E-state index contributed by atoms with van der Waals surface area (Å²) < 4.78 is 23.6. The fourth-order valence-electron chi connectivity index (χ4n) is 1.87. The van der Waals surface area contributed by atoms with Gasteiger partial charge in [-0.2, -0.15) is 12.7 Å². The first-order valence-corrected chi connectivity index (χ1v) is 7.33. The Bertz CT molecular complexity index is 483. The number of benzene rings is 1. The van der Waals surface area contributed by atoms with Crippen LogP contribution in [0.3, 0.4) is 0 Å². The lowest BCUT2D eigenvalue weighted by atomic mass is 9.99. The van der Waals surface area contributed by atoms with Crippen molar-refractivity contribution >= 4 is 10.2 Å². The van der Waals surface area contributed by atoms with E-state index in [9.17, 15) is 8.42 Å². The van der Waals surface area contributed by atoms with E-state index in [2.05, 4.69) is 6.07 Å². The van der Waals surface area contributed by atoms with Gasteiger partial charge in [0.15, 0.2) is 0 Å². The fraction of sp³-hybridized carbons (Fsp3) is 0.500. The summed E-state index contributed by atoms with van der Waals surface area (Å²) in [6.45, 7) is 6.91. The van der Waals surface area contributed by atoms with E-state index in [4.69, 9.17) is 5.14 Å². The van der Waals surface area contributed by atoms with Crippen LogP contribution >= 0.6 is 0 Å². The predicted molar refractivity (Wildman–Crippen MR) is 69.7 cm³/mol. The van der Waals surface area contributed by atoms with Gasteiger partial charge in [0.1, 0.15) is 0 Å². The first kappa shape index (κ1) is 14.2. The third-order valence-corrected chi connectivity index (χ3v) is 3.73. The highest BCUT2D eigenvalue weighted by atomic mass is 32.2. The zero-order valence-corrected chi connectivity index (χ0v) is 11.4. The normalized spacial score (nSPS) is 15.8. The Labute approximate surface area is 104 Å². The van der Waals surface area contributed by atoms with E-state index in [1.54, 1.807) is 0 Å². The Morgan fingerprint density at radius 1 is 1.24 bits per heavy atom. The number of fused-ring (bicyclic) bond motifs is 1. The van der Waals surface area contributed by atoms with E-state index in [1.807, 2.05) is 32.9 Å². The van der Waals surface area contributed by atoms with Crippen molar-refractivity contribution in [2.24, 2.45) is 5.14 Å². The molecule has 4 nitrogen and oxygen atoms in total. The maximum Gasteiger partial charge on any atom is 0.277 e. The third-order valence-electron chi connectivity index (χ3n) is 2.70. The summed E-state index contributed by atoms with van der Waals surface area (Å²) in [6, 6.07) is 6.07. The van der Waals surface area contributed by atoms with E-state index < -0.39 is 10.2 Å². The zero-order chi connectivity index (χ0) is 13.1. The van der Waals surface area contributed by atoms with Gasteiger partial charge in [0.25, 0.3) is 10.2 Å². The Morgan fingerprint density at radius 3 is 2.47 bits per heavy atom. The number of nitrogens with two attached hydrogens (primary N) is 1. The molecule has 0 atom stereocenters. The van der Waals surface area contributed by atoms with Crippen LogP contribution in [-0.2, 0) is 23.2 Å². The highest BCUT2D eigenvalue weighted by Crippen LogP contribution is 2.20. The molecular formula is C12H20N2O2S. The molecule has 0 spiro atoms. The van der Waals surface area contributed by atoms with Crippen LogP contribution in [0.15, 0.2) is 18.2 Å². The fourth-order valence-corrected chi connectivity index (χ4v) is 2.54. The van der Waals surface area contributed by atoms with Crippen LogP contribution in [-0.4, -0.2) is 19.3 Å². The second-order valence-corrected chi connectivity index (χ2v) is 5.45. The summed E-state index contributed by atoms with van der Waals surface area (Å²) in [5, 5.41) is 5.10. The van der Waals surface area contributed by atoms with E-state index >= 15 is 0 Å². The molecule has 0 fully saturated rings. The molecule has 0 radical (unpaired) electrons. The average Bonchev–Trinajstić information content (AvgIpc) is 2.29. The number of nitrogens with zero attached hydrogens (tertiary/aromatic N) is 1. The molecule has 1 aliphatic heterocycles. The Morgan fingerprint density at radius 2 is 1.88 bits per heavy atom. The van der Waals surface area contributed by atoms with Gasteiger partial charge < -0.3 is 0 Å². The quantitative estimate of drug-likeness (QED) is 0.829. The van der Waals surface area contributed by atoms with Gasteiger partial charge in [0.2, 0.25) is 0 Å². The van der Waals surface area contributed by atoms with Crippen molar-refractivity contribution in [2.45, 2.75) is 33.7 Å². The van der Waals surface area contributed by atoms with Crippen molar-refractivity contribution < 1.29 is 8.42 Å². The van der Waals surface area contributed by atoms with Crippen LogP contribution in [0.4, 0.5) is 0 Å². The SMILES string of the molecule is CC.Cc1ccc2c(c1)CCN(S(N)(=O)=O)C2. The van der Waals surface area contributed by atoms with Gasteiger partial charge in [-0.1, -0.05) is 37.6 Å². The Hall–Kier alpha value is -0.910. The van der Waals surface area contributed by atoms with Crippen molar-refractivity contribution in [2.75, 3.05) is 6.54 Å². The standard InChI is InChI=1S/C10H14N2O2S.C2H6/c1-8-2-3-10-7-12(15(11,13)14)5-4-9(10)6-8;1-2/h2-3,6H,4-5,7H2,1H3,(H2,11,13,14);1-2H3. The van der Waals surface area contributed by atoms with Crippen LogP contribution in [0.25, 0.3) is 0 Å². The molecule has 0 aliphatic carbocycles. The molecule has 1 aliphatic rings. The summed E-state index contributed by atoms with van der Waals surface area (Å²) in [4.78, 5) is 0. The second kappa shape index (κ2) is 5.62. The van der Waals surface area contributed by atoms with Crippen molar-refractivity contribution in [1.82, 2.24) is 4.31 Å². The summed E-state index contributed by atoms with van der Waals surface area (Å²) >= 11 is 0. The number of rotatable bonds is 1. The van der Waals surface area contributed by atoms with Crippen LogP contribution < -0.4 is 5.14 Å². The highest BCUT2D eigenvalue weighted by Gasteiger charge is 2.23. The predicted octanol–water partition coefficient (Wildman–Crippen LogP) is 1.58. The van der Waals surface area contributed by atoms with Gasteiger partial charge in [0, 0.05) is 13.1 Å². The molecule has 0 unspecified atom stereocenters. The van der Waals surface area contributed by atoms with Crippen molar-refractivity contribution in [3.8, 4) is 0 Å². The summed E-state index contributed by atoms with van der Waals surface area (Å²) in [6.07, 6.45) is 0.743. The molecule has 1 aromatic carbocycles. The van der Waals surface area contributed by atoms with Crippen LogP contribution in [0, 0.1) is 6.92 Å². The van der Waals surface area contributed by atoms with Gasteiger partial charge in [-0.05, 0) is 24.5 Å². The van der Waals surface area contributed by atoms with E-state index in [0.717, 1.165) is 12.0 Å². The summed E-state index contributed by atoms with van der Waals surface area (Å²) in [5.74, 6) is 0. The van der Waals surface area contributed by atoms with Crippen molar-refractivity contribution in [1.29, 1.82) is 0 Å². The lowest BCUT2D eigenvalue weighted by molar-refractivity contribution is 0.392. The van der Waals surface area contributed by atoms with E-state index in [0.29, 0.717) is 13.1 Å². The topological polar surface area (TPSA) is 63.4 Å². The largest absolute Gasteiger partial charge is 0.277 e. The molecule has 0 saturated heterocycles. The average molecular weight is 256 g/mol. The Kier molecular flexibility index (Phi) is 4.68. The summed E-state index contributed by atoms with van der Waals surface area (Å²) in [7, 11) is -3.55. The third kappa shape index (κ3) is 3.52. The van der Waals surface area contributed by atoms with Crippen molar-refractivity contribution in [3.05, 3.63) is 34.9 Å². The highest BCUT2D eigenvalue weighted by molar-refractivity contribution is 7.86. The number of hydrogen-bond donors (Lipinski definition) is 1. The lowest BCUT2D eigenvalue weighted by Crippen LogP contribution is -2.40. The summed E-state index contributed by atoms with van der Waals surface area (Å²) in [5.41, 5.74) is 3.49. The maximum atomic E-state index is 11.2. The molecule has 0 bridgehead atoms. The molecule has 1 heterocycles.